The molecule has 0 amide bonds. The standard InChI is InChI=1S/C22H28N2O3/c1-26-21-11-7-8-19(18-25)22(21)27-17-6-5-12-23-13-15-24(16-14-23)20-9-3-2-4-10-20/h2-4,7-11,18H,5-6,12-17H2,1H3. The molecule has 0 aliphatic carbocycles. The molecule has 0 saturated carbocycles. The quantitative estimate of drug-likeness (QED) is 0.501. The number of nitrogens with zero attached hydrogens (tertiary/aromatic N) is 2. The molecular formula is C22H28N2O3. The van der Waals surface area contributed by atoms with Crippen LogP contribution in [0.2, 0.25) is 0 Å². The smallest absolute Gasteiger partial charge is 0.171 e. The van der Waals surface area contributed by atoms with Crippen LogP contribution < -0.4 is 14.4 Å². The second kappa shape index (κ2) is 9.97. The summed E-state index contributed by atoms with van der Waals surface area (Å²) < 4.78 is 11.1. The second-order valence-corrected chi connectivity index (χ2v) is 6.72. The van der Waals surface area contributed by atoms with Crippen molar-refractivity contribution in [1.82, 2.24) is 4.90 Å². The van der Waals surface area contributed by atoms with Crippen molar-refractivity contribution in [3.8, 4) is 11.5 Å². The lowest BCUT2D eigenvalue weighted by Gasteiger charge is -2.36. The first-order valence-electron chi connectivity index (χ1n) is 9.59. The molecule has 0 unspecified atom stereocenters. The zero-order chi connectivity index (χ0) is 18.9. The van der Waals surface area contributed by atoms with Gasteiger partial charge < -0.3 is 14.4 Å². The number of ether oxygens (including phenoxy) is 2. The van der Waals surface area contributed by atoms with Crippen molar-refractivity contribution in [3.05, 3.63) is 54.1 Å². The molecule has 0 atom stereocenters. The van der Waals surface area contributed by atoms with Gasteiger partial charge in [-0.25, -0.2) is 0 Å². The zero-order valence-electron chi connectivity index (χ0n) is 16.0. The van der Waals surface area contributed by atoms with Crippen molar-refractivity contribution in [2.75, 3.05) is 51.3 Å². The number of aldehydes is 1. The molecule has 0 aromatic heterocycles. The van der Waals surface area contributed by atoms with E-state index in [1.165, 1.54) is 5.69 Å². The van der Waals surface area contributed by atoms with Crippen molar-refractivity contribution in [3.63, 3.8) is 0 Å². The minimum absolute atomic E-state index is 0.534. The molecule has 2 aromatic carbocycles. The van der Waals surface area contributed by atoms with Crippen LogP contribution in [0, 0.1) is 0 Å². The van der Waals surface area contributed by atoms with Gasteiger partial charge in [-0.3, -0.25) is 9.69 Å². The van der Waals surface area contributed by atoms with E-state index in [1.807, 2.05) is 6.07 Å². The molecule has 144 valence electrons. The molecule has 27 heavy (non-hydrogen) atoms. The SMILES string of the molecule is COc1cccc(C=O)c1OCCCCN1CCN(c2ccccc2)CC1. The molecule has 1 aliphatic rings. The van der Waals surface area contributed by atoms with Crippen LogP contribution in [-0.2, 0) is 0 Å². The van der Waals surface area contributed by atoms with Gasteiger partial charge >= 0.3 is 0 Å². The first kappa shape index (κ1) is 19.2. The minimum atomic E-state index is 0.534. The van der Waals surface area contributed by atoms with E-state index in [2.05, 4.69) is 40.1 Å². The highest BCUT2D eigenvalue weighted by Gasteiger charge is 2.16. The summed E-state index contributed by atoms with van der Waals surface area (Å²) in [5.41, 5.74) is 1.85. The highest BCUT2D eigenvalue weighted by Crippen LogP contribution is 2.30. The number of anilines is 1. The predicted octanol–water partition coefficient (Wildman–Crippen LogP) is 3.49. The van der Waals surface area contributed by atoms with Gasteiger partial charge in [0.05, 0.1) is 19.3 Å². The number of rotatable bonds is 9. The summed E-state index contributed by atoms with van der Waals surface area (Å²) in [7, 11) is 1.59. The van der Waals surface area contributed by atoms with Crippen molar-refractivity contribution >= 4 is 12.0 Å². The zero-order valence-corrected chi connectivity index (χ0v) is 16.0. The van der Waals surface area contributed by atoms with Gasteiger partial charge in [0.15, 0.2) is 17.8 Å². The third-order valence-electron chi connectivity index (χ3n) is 4.96. The summed E-state index contributed by atoms with van der Waals surface area (Å²) in [6.07, 6.45) is 2.84. The molecule has 0 bridgehead atoms. The predicted molar refractivity (Wildman–Crippen MR) is 108 cm³/mol. The van der Waals surface area contributed by atoms with Crippen molar-refractivity contribution in [2.45, 2.75) is 12.8 Å². The van der Waals surface area contributed by atoms with E-state index in [-0.39, 0.29) is 0 Å². The van der Waals surface area contributed by atoms with Crippen LogP contribution in [0.25, 0.3) is 0 Å². The fourth-order valence-corrected chi connectivity index (χ4v) is 3.42. The number of piperazine rings is 1. The molecule has 2 aromatic rings. The van der Waals surface area contributed by atoms with Crippen molar-refractivity contribution in [2.24, 2.45) is 0 Å². The summed E-state index contributed by atoms with van der Waals surface area (Å²) in [5.74, 6) is 1.16. The molecule has 1 saturated heterocycles. The molecule has 1 fully saturated rings. The molecule has 3 rings (SSSR count). The summed E-state index contributed by atoms with van der Waals surface area (Å²) in [4.78, 5) is 16.1. The second-order valence-electron chi connectivity index (χ2n) is 6.72. The number of unbranched alkanes of at least 4 members (excludes halogenated alkanes) is 1. The summed E-state index contributed by atoms with van der Waals surface area (Å²) in [6.45, 7) is 6.01. The largest absolute Gasteiger partial charge is 0.493 e. The van der Waals surface area contributed by atoms with Gasteiger partial charge in [-0.2, -0.15) is 0 Å². The molecule has 0 radical (unpaired) electrons. The first-order chi connectivity index (χ1) is 13.3. The van der Waals surface area contributed by atoms with Crippen LogP contribution in [0.3, 0.4) is 0 Å². The number of benzene rings is 2. The molecule has 0 N–H and O–H groups in total. The highest BCUT2D eigenvalue weighted by molar-refractivity contribution is 5.81. The lowest BCUT2D eigenvalue weighted by molar-refractivity contribution is 0.111. The summed E-state index contributed by atoms with van der Waals surface area (Å²) in [6, 6.07) is 16.0. The Morgan fingerprint density at radius 1 is 0.963 bits per heavy atom. The average Bonchev–Trinajstić information content (AvgIpc) is 2.74. The van der Waals surface area contributed by atoms with E-state index < -0.39 is 0 Å². The van der Waals surface area contributed by atoms with Crippen molar-refractivity contribution < 1.29 is 14.3 Å². The lowest BCUT2D eigenvalue weighted by Crippen LogP contribution is -2.46. The Kier molecular flexibility index (Phi) is 7.11. The van der Waals surface area contributed by atoms with Gasteiger partial charge in [-0.15, -0.1) is 0 Å². The maximum atomic E-state index is 11.2. The van der Waals surface area contributed by atoms with Gasteiger partial charge in [-0.1, -0.05) is 24.3 Å². The van der Waals surface area contributed by atoms with Crippen LogP contribution in [0.15, 0.2) is 48.5 Å². The van der Waals surface area contributed by atoms with Crippen LogP contribution >= 0.6 is 0 Å². The van der Waals surface area contributed by atoms with Crippen LogP contribution in [0.4, 0.5) is 5.69 Å². The normalized spacial score (nSPS) is 14.8. The Bertz CT molecular complexity index is 713. The fourth-order valence-electron chi connectivity index (χ4n) is 3.42. The Hall–Kier alpha value is -2.53. The Morgan fingerprint density at radius 3 is 2.44 bits per heavy atom. The van der Waals surface area contributed by atoms with E-state index >= 15 is 0 Å². The van der Waals surface area contributed by atoms with Gasteiger partial charge in [0, 0.05) is 31.9 Å². The molecule has 5 heteroatoms. The third-order valence-corrected chi connectivity index (χ3v) is 4.96. The molecule has 5 nitrogen and oxygen atoms in total. The summed E-state index contributed by atoms with van der Waals surface area (Å²) >= 11 is 0. The number of para-hydroxylation sites is 2. The number of hydrogen-bond acceptors (Lipinski definition) is 5. The fraction of sp³-hybridized carbons (Fsp3) is 0.409. The van der Waals surface area contributed by atoms with Gasteiger partial charge in [0.1, 0.15) is 0 Å². The summed E-state index contributed by atoms with van der Waals surface area (Å²) in [5, 5.41) is 0. The Morgan fingerprint density at radius 2 is 1.74 bits per heavy atom. The monoisotopic (exact) mass is 368 g/mol. The lowest BCUT2D eigenvalue weighted by atomic mass is 10.2. The number of carbonyl (C=O) groups is 1. The molecule has 1 heterocycles. The molecular weight excluding hydrogens is 340 g/mol. The van der Waals surface area contributed by atoms with Gasteiger partial charge in [0.25, 0.3) is 0 Å². The van der Waals surface area contributed by atoms with E-state index in [0.29, 0.717) is 23.7 Å². The van der Waals surface area contributed by atoms with Gasteiger partial charge in [-0.05, 0) is 43.7 Å². The minimum Gasteiger partial charge on any atom is -0.493 e. The van der Waals surface area contributed by atoms with Crippen LogP contribution in [-0.4, -0.2) is 57.6 Å². The maximum Gasteiger partial charge on any atom is 0.171 e. The molecule has 0 spiro atoms. The van der Waals surface area contributed by atoms with E-state index in [1.54, 1.807) is 19.2 Å². The van der Waals surface area contributed by atoms with Crippen LogP contribution in [0.1, 0.15) is 23.2 Å². The third kappa shape index (κ3) is 5.23. The average molecular weight is 368 g/mol. The Labute approximate surface area is 161 Å². The van der Waals surface area contributed by atoms with E-state index in [0.717, 1.165) is 51.9 Å². The van der Waals surface area contributed by atoms with E-state index in [9.17, 15) is 4.79 Å². The van der Waals surface area contributed by atoms with Gasteiger partial charge in [0.2, 0.25) is 0 Å². The first-order valence-corrected chi connectivity index (χ1v) is 9.59. The van der Waals surface area contributed by atoms with Crippen LogP contribution in [0.5, 0.6) is 11.5 Å². The van der Waals surface area contributed by atoms with E-state index in [4.69, 9.17) is 9.47 Å². The topological polar surface area (TPSA) is 42.0 Å². The maximum absolute atomic E-state index is 11.2. The van der Waals surface area contributed by atoms with Crippen molar-refractivity contribution in [1.29, 1.82) is 0 Å². The Balaban J connectivity index is 1.36. The number of carbonyl (C=O) groups excluding carboxylic acids is 1. The number of methoxy groups -OCH3 is 1. The number of hydrogen-bond donors (Lipinski definition) is 0. The molecule has 1 aliphatic heterocycles. The highest BCUT2D eigenvalue weighted by atomic mass is 16.5.